The number of carbonyl (C=O) groups excluding carboxylic acids is 1. The molecular weight excluding hydrogens is 372 g/mol. The third-order valence-corrected chi connectivity index (χ3v) is 5.56. The lowest BCUT2D eigenvalue weighted by atomic mass is 10.2. The van der Waals surface area contributed by atoms with Gasteiger partial charge < -0.3 is 9.64 Å². The van der Waals surface area contributed by atoms with E-state index in [-0.39, 0.29) is 5.91 Å². The standard InChI is InChI=1S/C21H22N4O2S/c1-16-7-9-18(10-8-16)25-20(17-5-3-2-4-6-17)22-23-21(25)28-15-19(26)24-11-13-27-14-12-24/h2-10H,11-15H2,1H3. The van der Waals surface area contributed by atoms with E-state index in [1.54, 1.807) is 0 Å². The van der Waals surface area contributed by atoms with Crippen LogP contribution in [0.1, 0.15) is 5.56 Å². The van der Waals surface area contributed by atoms with E-state index in [0.717, 1.165) is 17.1 Å². The molecule has 0 aliphatic carbocycles. The van der Waals surface area contributed by atoms with Crippen molar-refractivity contribution in [3.8, 4) is 17.1 Å². The number of aryl methyl sites for hydroxylation is 1. The molecule has 0 N–H and O–H groups in total. The molecule has 144 valence electrons. The molecule has 1 saturated heterocycles. The van der Waals surface area contributed by atoms with E-state index < -0.39 is 0 Å². The van der Waals surface area contributed by atoms with Gasteiger partial charge in [0, 0.05) is 24.3 Å². The fourth-order valence-electron chi connectivity index (χ4n) is 3.09. The molecular formula is C21H22N4O2S. The van der Waals surface area contributed by atoms with Gasteiger partial charge in [-0.3, -0.25) is 9.36 Å². The van der Waals surface area contributed by atoms with Gasteiger partial charge in [-0.15, -0.1) is 10.2 Å². The Morgan fingerprint density at radius 3 is 2.46 bits per heavy atom. The summed E-state index contributed by atoms with van der Waals surface area (Å²) in [6.45, 7) is 4.57. The maximum Gasteiger partial charge on any atom is 0.233 e. The lowest BCUT2D eigenvalue weighted by molar-refractivity contribution is -0.132. The highest BCUT2D eigenvalue weighted by Crippen LogP contribution is 2.28. The molecule has 1 amide bonds. The van der Waals surface area contributed by atoms with E-state index in [0.29, 0.717) is 37.2 Å². The Balaban J connectivity index is 1.62. The van der Waals surface area contributed by atoms with Crippen LogP contribution in [0.4, 0.5) is 0 Å². The summed E-state index contributed by atoms with van der Waals surface area (Å²) in [7, 11) is 0. The number of hydrogen-bond donors (Lipinski definition) is 0. The average Bonchev–Trinajstić information content (AvgIpc) is 3.18. The van der Waals surface area contributed by atoms with Crippen LogP contribution in [0.25, 0.3) is 17.1 Å². The van der Waals surface area contributed by atoms with Crippen molar-refractivity contribution in [2.24, 2.45) is 0 Å². The Morgan fingerprint density at radius 2 is 1.75 bits per heavy atom. The number of thioether (sulfide) groups is 1. The minimum atomic E-state index is 0.105. The van der Waals surface area contributed by atoms with Crippen molar-refractivity contribution in [3.63, 3.8) is 0 Å². The highest BCUT2D eigenvalue weighted by atomic mass is 32.2. The third kappa shape index (κ3) is 4.10. The van der Waals surface area contributed by atoms with E-state index in [9.17, 15) is 4.79 Å². The first kappa shape index (κ1) is 18.7. The largest absolute Gasteiger partial charge is 0.378 e. The maximum absolute atomic E-state index is 12.5. The topological polar surface area (TPSA) is 60.2 Å². The molecule has 0 atom stereocenters. The molecule has 0 spiro atoms. The lowest BCUT2D eigenvalue weighted by Gasteiger charge is -2.26. The van der Waals surface area contributed by atoms with Crippen molar-refractivity contribution in [1.82, 2.24) is 19.7 Å². The zero-order valence-electron chi connectivity index (χ0n) is 15.7. The molecule has 1 fully saturated rings. The van der Waals surface area contributed by atoms with Crippen molar-refractivity contribution in [1.29, 1.82) is 0 Å². The van der Waals surface area contributed by atoms with Gasteiger partial charge in [-0.1, -0.05) is 59.8 Å². The summed E-state index contributed by atoms with van der Waals surface area (Å²) in [5, 5.41) is 9.52. The Morgan fingerprint density at radius 1 is 1.04 bits per heavy atom. The van der Waals surface area contributed by atoms with Crippen molar-refractivity contribution in [2.45, 2.75) is 12.1 Å². The van der Waals surface area contributed by atoms with E-state index in [1.165, 1.54) is 17.3 Å². The van der Waals surface area contributed by atoms with E-state index in [2.05, 4.69) is 41.4 Å². The van der Waals surface area contributed by atoms with Crippen LogP contribution in [0.5, 0.6) is 0 Å². The van der Waals surface area contributed by atoms with Gasteiger partial charge in [-0.05, 0) is 19.1 Å². The second kappa shape index (κ2) is 8.58. The molecule has 28 heavy (non-hydrogen) atoms. The first-order chi connectivity index (χ1) is 13.7. The summed E-state index contributed by atoms with van der Waals surface area (Å²) in [5.41, 5.74) is 3.16. The van der Waals surface area contributed by atoms with E-state index >= 15 is 0 Å². The third-order valence-electron chi connectivity index (χ3n) is 4.65. The van der Waals surface area contributed by atoms with Gasteiger partial charge in [-0.25, -0.2) is 0 Å². The van der Waals surface area contributed by atoms with Crippen LogP contribution in [0.2, 0.25) is 0 Å². The summed E-state index contributed by atoms with van der Waals surface area (Å²) in [6, 6.07) is 18.2. The summed E-state index contributed by atoms with van der Waals surface area (Å²) in [5.74, 6) is 1.21. The molecule has 7 heteroatoms. The van der Waals surface area contributed by atoms with E-state index in [1.807, 2.05) is 39.8 Å². The second-order valence-corrected chi connectivity index (χ2v) is 7.57. The van der Waals surface area contributed by atoms with Crippen molar-refractivity contribution in [3.05, 3.63) is 60.2 Å². The molecule has 0 unspecified atom stereocenters. The van der Waals surface area contributed by atoms with Gasteiger partial charge in [0.2, 0.25) is 5.91 Å². The average molecular weight is 394 g/mol. The summed E-state index contributed by atoms with van der Waals surface area (Å²) in [6.07, 6.45) is 0. The van der Waals surface area contributed by atoms with Crippen molar-refractivity contribution in [2.75, 3.05) is 32.1 Å². The molecule has 0 bridgehead atoms. The normalized spacial score (nSPS) is 14.2. The zero-order valence-corrected chi connectivity index (χ0v) is 16.6. The number of ether oxygens (including phenoxy) is 1. The predicted molar refractivity (Wildman–Crippen MR) is 110 cm³/mol. The van der Waals surface area contributed by atoms with Crippen LogP contribution < -0.4 is 0 Å². The zero-order chi connectivity index (χ0) is 19.3. The Hall–Kier alpha value is -2.64. The summed E-state index contributed by atoms with van der Waals surface area (Å²) in [4.78, 5) is 14.4. The molecule has 1 aliphatic heterocycles. The molecule has 6 nitrogen and oxygen atoms in total. The maximum atomic E-state index is 12.5. The Bertz CT molecular complexity index is 935. The number of rotatable bonds is 5. The fraction of sp³-hybridized carbons (Fsp3) is 0.286. The van der Waals surface area contributed by atoms with Crippen LogP contribution in [0.3, 0.4) is 0 Å². The number of benzene rings is 2. The lowest BCUT2D eigenvalue weighted by Crippen LogP contribution is -2.41. The van der Waals surface area contributed by atoms with Gasteiger partial charge in [0.1, 0.15) is 0 Å². The predicted octanol–water partition coefficient (Wildman–Crippen LogP) is 3.19. The number of nitrogens with zero attached hydrogens (tertiary/aromatic N) is 4. The quantitative estimate of drug-likeness (QED) is 0.622. The Kier molecular flexibility index (Phi) is 5.73. The summed E-state index contributed by atoms with van der Waals surface area (Å²) >= 11 is 1.42. The van der Waals surface area contributed by atoms with Crippen LogP contribution in [0, 0.1) is 6.92 Å². The molecule has 4 rings (SSSR count). The van der Waals surface area contributed by atoms with Gasteiger partial charge in [0.15, 0.2) is 11.0 Å². The van der Waals surface area contributed by atoms with Gasteiger partial charge in [0.25, 0.3) is 0 Å². The fourth-order valence-corrected chi connectivity index (χ4v) is 3.95. The van der Waals surface area contributed by atoms with Crippen LogP contribution in [0.15, 0.2) is 59.8 Å². The molecule has 1 aromatic heterocycles. The van der Waals surface area contributed by atoms with Gasteiger partial charge >= 0.3 is 0 Å². The number of hydrogen-bond acceptors (Lipinski definition) is 5. The first-order valence-electron chi connectivity index (χ1n) is 9.28. The van der Waals surface area contributed by atoms with Crippen LogP contribution >= 0.6 is 11.8 Å². The minimum Gasteiger partial charge on any atom is -0.378 e. The minimum absolute atomic E-state index is 0.105. The highest BCUT2D eigenvalue weighted by molar-refractivity contribution is 7.99. The molecule has 0 radical (unpaired) electrons. The smallest absolute Gasteiger partial charge is 0.233 e. The number of carbonyl (C=O) groups is 1. The van der Waals surface area contributed by atoms with Crippen LogP contribution in [-0.4, -0.2) is 57.6 Å². The molecule has 2 aromatic carbocycles. The van der Waals surface area contributed by atoms with Crippen molar-refractivity contribution >= 4 is 17.7 Å². The SMILES string of the molecule is Cc1ccc(-n2c(SCC(=O)N3CCOCC3)nnc2-c2ccccc2)cc1. The molecule has 3 aromatic rings. The highest BCUT2D eigenvalue weighted by Gasteiger charge is 2.20. The molecule has 1 aliphatic rings. The van der Waals surface area contributed by atoms with Crippen LogP contribution in [-0.2, 0) is 9.53 Å². The van der Waals surface area contributed by atoms with Crippen molar-refractivity contribution < 1.29 is 9.53 Å². The second-order valence-electron chi connectivity index (χ2n) is 6.63. The molecule has 2 heterocycles. The monoisotopic (exact) mass is 394 g/mol. The van der Waals surface area contributed by atoms with Gasteiger partial charge in [0.05, 0.1) is 19.0 Å². The number of amides is 1. The van der Waals surface area contributed by atoms with E-state index in [4.69, 9.17) is 4.74 Å². The number of aromatic nitrogens is 3. The number of morpholine rings is 1. The Labute approximate surface area is 168 Å². The first-order valence-corrected chi connectivity index (χ1v) is 10.3. The summed E-state index contributed by atoms with van der Waals surface area (Å²) < 4.78 is 7.34. The molecule has 0 saturated carbocycles. The van der Waals surface area contributed by atoms with Gasteiger partial charge in [-0.2, -0.15) is 0 Å².